The first-order valence-electron chi connectivity index (χ1n) is 2.54. The van der Waals surface area contributed by atoms with Crippen LogP contribution in [-0.2, 0) is 16.3 Å². The van der Waals surface area contributed by atoms with Gasteiger partial charge in [-0.15, -0.1) is 0 Å². The Hall–Kier alpha value is 0.450. The van der Waals surface area contributed by atoms with E-state index in [-0.39, 0.29) is 13.2 Å². The molecule has 0 fully saturated rings. The maximum absolute atomic E-state index is 8.72. The zero-order valence-corrected chi connectivity index (χ0v) is 6.89. The average molecular weight is 187 g/mol. The molecule has 10 heavy (non-hydrogen) atoms. The highest BCUT2D eigenvalue weighted by molar-refractivity contribution is 8.06. The predicted molar refractivity (Wildman–Crippen MR) is 39.7 cm³/mol. The molecule has 0 aromatic carbocycles. The molecule has 5 N–H and O–H groups in total. The second-order valence-electron chi connectivity index (χ2n) is 1.68. The lowest BCUT2D eigenvalue weighted by Crippen LogP contribution is -2.24. The van der Waals surface area contributed by atoms with Crippen molar-refractivity contribution in [3.63, 3.8) is 0 Å². The number of aliphatic hydroxyl groups excluding tert-OH is 1. The van der Waals surface area contributed by atoms with E-state index in [1.165, 1.54) is 0 Å². The van der Waals surface area contributed by atoms with Crippen LogP contribution in [0.3, 0.4) is 0 Å². The fraction of sp³-hybridized carbons (Fsp3) is 1.00. The molecule has 0 aliphatic carbocycles. The van der Waals surface area contributed by atoms with Gasteiger partial charge in [0.25, 0.3) is 0 Å². The number of hydrogen-bond donors (Lipinski definition) is 4. The first-order valence-corrected chi connectivity index (χ1v) is 5.16. The van der Waals surface area contributed by atoms with Gasteiger partial charge in [-0.2, -0.15) is 0 Å². The molecule has 0 radical (unpaired) electrons. The van der Waals surface area contributed by atoms with Crippen LogP contribution in [0.1, 0.15) is 0 Å². The van der Waals surface area contributed by atoms with E-state index >= 15 is 0 Å². The standard InChI is InChI=1S/C3H10NO4PS/c4-1-3(5)2-8-9(6,7)10/h3,5H,1-2,4H2,(H2,6,7,10). The van der Waals surface area contributed by atoms with Crippen molar-refractivity contribution in [2.45, 2.75) is 6.10 Å². The summed E-state index contributed by atoms with van der Waals surface area (Å²) in [6, 6.07) is 0. The molecule has 0 spiro atoms. The summed E-state index contributed by atoms with van der Waals surface area (Å²) in [6.07, 6.45) is -0.887. The largest absolute Gasteiger partial charge is 0.389 e. The Labute approximate surface area is 63.7 Å². The van der Waals surface area contributed by atoms with Gasteiger partial charge >= 0.3 is 6.72 Å². The normalized spacial score (nSPS) is 15.2. The van der Waals surface area contributed by atoms with Gasteiger partial charge in [0.1, 0.15) is 0 Å². The van der Waals surface area contributed by atoms with Crippen molar-refractivity contribution in [3.8, 4) is 0 Å². The summed E-state index contributed by atoms with van der Waals surface area (Å²) in [4.78, 5) is 16.9. The third-order valence-corrected chi connectivity index (χ3v) is 1.51. The summed E-state index contributed by atoms with van der Waals surface area (Å²) < 4.78 is 4.29. The molecular formula is C3H10NO4PS. The lowest BCUT2D eigenvalue weighted by Gasteiger charge is -2.10. The molecule has 0 aliphatic rings. The fourth-order valence-electron chi connectivity index (χ4n) is 0.251. The zero-order valence-electron chi connectivity index (χ0n) is 5.17. The van der Waals surface area contributed by atoms with Crippen LogP contribution in [0.25, 0.3) is 0 Å². The maximum atomic E-state index is 8.72. The van der Waals surface area contributed by atoms with Crippen LogP contribution in [-0.4, -0.2) is 34.1 Å². The summed E-state index contributed by atoms with van der Waals surface area (Å²) in [5.74, 6) is 0. The number of rotatable bonds is 4. The minimum atomic E-state index is -3.61. The van der Waals surface area contributed by atoms with Gasteiger partial charge in [0.15, 0.2) is 0 Å². The Kier molecular flexibility index (Phi) is 4.55. The Bertz CT molecular complexity index is 136. The van der Waals surface area contributed by atoms with Crippen LogP contribution >= 0.6 is 6.72 Å². The van der Waals surface area contributed by atoms with E-state index in [2.05, 4.69) is 16.3 Å². The van der Waals surface area contributed by atoms with Crippen molar-refractivity contribution >= 4 is 18.5 Å². The third kappa shape index (κ3) is 6.57. The average Bonchev–Trinajstić information content (AvgIpc) is 1.81. The first kappa shape index (κ1) is 10.4. The zero-order chi connectivity index (χ0) is 8.20. The van der Waals surface area contributed by atoms with E-state index in [0.29, 0.717) is 0 Å². The Morgan fingerprint density at radius 1 is 1.60 bits per heavy atom. The van der Waals surface area contributed by atoms with Crippen LogP contribution in [0, 0.1) is 0 Å². The Morgan fingerprint density at radius 2 is 2.10 bits per heavy atom. The molecule has 1 atom stereocenters. The Balaban J connectivity index is 3.46. The van der Waals surface area contributed by atoms with Crippen molar-refractivity contribution in [3.05, 3.63) is 0 Å². The second-order valence-corrected chi connectivity index (χ2v) is 4.34. The lowest BCUT2D eigenvalue weighted by atomic mass is 10.4. The van der Waals surface area contributed by atoms with E-state index in [0.717, 1.165) is 0 Å². The SMILES string of the molecule is NCC(O)COP(O)(O)=S. The van der Waals surface area contributed by atoms with Crippen LogP contribution in [0.4, 0.5) is 0 Å². The summed E-state index contributed by atoms with van der Waals surface area (Å²) in [5.41, 5.74) is 4.99. The Morgan fingerprint density at radius 3 is 2.40 bits per heavy atom. The molecule has 0 aliphatic heterocycles. The molecule has 0 amide bonds. The molecule has 0 saturated heterocycles. The minimum absolute atomic E-state index is 0.00926. The van der Waals surface area contributed by atoms with Crippen molar-refractivity contribution in [2.75, 3.05) is 13.2 Å². The van der Waals surface area contributed by atoms with Gasteiger partial charge in [0.2, 0.25) is 0 Å². The summed E-state index contributed by atoms with van der Waals surface area (Å²) in [7, 11) is 0. The minimum Gasteiger partial charge on any atom is -0.389 e. The third-order valence-electron chi connectivity index (χ3n) is 0.707. The number of aliphatic hydroxyl groups is 1. The molecule has 0 aromatic heterocycles. The quantitative estimate of drug-likeness (QED) is 0.401. The van der Waals surface area contributed by atoms with Crippen molar-refractivity contribution in [1.82, 2.24) is 0 Å². The van der Waals surface area contributed by atoms with Gasteiger partial charge in [-0.3, -0.25) is 0 Å². The van der Waals surface area contributed by atoms with Gasteiger partial charge in [0, 0.05) is 6.54 Å². The number of nitrogens with two attached hydrogens (primary N) is 1. The molecule has 5 nitrogen and oxygen atoms in total. The molecule has 0 heterocycles. The monoisotopic (exact) mass is 187 g/mol. The van der Waals surface area contributed by atoms with E-state index in [9.17, 15) is 0 Å². The highest BCUT2D eigenvalue weighted by Crippen LogP contribution is 2.36. The molecule has 0 aromatic rings. The van der Waals surface area contributed by atoms with E-state index in [1.807, 2.05) is 0 Å². The molecule has 1 unspecified atom stereocenters. The smallest absolute Gasteiger partial charge is 0.321 e. The van der Waals surface area contributed by atoms with E-state index in [4.69, 9.17) is 20.6 Å². The molecule has 0 bridgehead atoms. The van der Waals surface area contributed by atoms with Gasteiger partial charge in [-0.25, -0.2) is 0 Å². The lowest BCUT2D eigenvalue weighted by molar-refractivity contribution is 0.104. The highest BCUT2D eigenvalue weighted by Gasteiger charge is 2.10. The van der Waals surface area contributed by atoms with E-state index in [1.54, 1.807) is 0 Å². The second kappa shape index (κ2) is 4.35. The molecule has 0 rings (SSSR count). The fourth-order valence-corrected chi connectivity index (χ4v) is 0.800. The van der Waals surface area contributed by atoms with E-state index < -0.39 is 12.8 Å². The highest BCUT2D eigenvalue weighted by atomic mass is 32.5. The predicted octanol–water partition coefficient (Wildman–Crippen LogP) is -1.47. The van der Waals surface area contributed by atoms with Crippen molar-refractivity contribution in [1.29, 1.82) is 0 Å². The van der Waals surface area contributed by atoms with Gasteiger partial charge in [-0.05, 0) is 11.8 Å². The molecule has 0 saturated carbocycles. The van der Waals surface area contributed by atoms with Crippen LogP contribution in [0.5, 0.6) is 0 Å². The van der Waals surface area contributed by atoms with Gasteiger partial charge in [0.05, 0.1) is 12.7 Å². The summed E-state index contributed by atoms with van der Waals surface area (Å²) in [5, 5.41) is 8.72. The maximum Gasteiger partial charge on any atom is 0.321 e. The summed E-state index contributed by atoms with van der Waals surface area (Å²) >= 11 is 4.10. The summed E-state index contributed by atoms with van der Waals surface area (Å²) in [6.45, 7) is -3.84. The van der Waals surface area contributed by atoms with Crippen molar-refractivity contribution < 1.29 is 19.4 Å². The molecule has 7 heteroatoms. The topological polar surface area (TPSA) is 95.9 Å². The first-order chi connectivity index (χ1) is 4.45. The van der Waals surface area contributed by atoms with Crippen LogP contribution < -0.4 is 5.73 Å². The molecule has 62 valence electrons. The van der Waals surface area contributed by atoms with Gasteiger partial charge < -0.3 is 25.2 Å². The number of hydrogen-bond acceptors (Lipinski definition) is 4. The van der Waals surface area contributed by atoms with Crippen molar-refractivity contribution in [2.24, 2.45) is 5.73 Å². The molecular weight excluding hydrogens is 177 g/mol. The van der Waals surface area contributed by atoms with Crippen LogP contribution in [0.2, 0.25) is 0 Å². The van der Waals surface area contributed by atoms with Gasteiger partial charge in [-0.1, -0.05) is 0 Å². The van der Waals surface area contributed by atoms with Crippen LogP contribution in [0.15, 0.2) is 0 Å².